The number of hydrogen-bond donors (Lipinski definition) is 1. The van der Waals surface area contributed by atoms with Crippen molar-refractivity contribution in [2.24, 2.45) is 0 Å². The fourth-order valence-corrected chi connectivity index (χ4v) is 3.78. The predicted molar refractivity (Wildman–Crippen MR) is 97.1 cm³/mol. The van der Waals surface area contributed by atoms with E-state index in [9.17, 15) is 4.79 Å². The number of carbonyl (C=O) groups is 1. The zero-order chi connectivity index (χ0) is 17.8. The molecule has 1 aliphatic heterocycles. The number of rotatable bonds is 4. The number of nitrogens with one attached hydrogen (secondary N) is 1. The van der Waals surface area contributed by atoms with Gasteiger partial charge >= 0.3 is 0 Å². The molecule has 1 amide bonds. The summed E-state index contributed by atoms with van der Waals surface area (Å²) in [6, 6.07) is 3.38. The van der Waals surface area contributed by atoms with Crippen molar-refractivity contribution in [2.75, 3.05) is 11.9 Å². The molecule has 0 bridgehead atoms. The minimum Gasteiger partial charge on any atom is -0.329 e. The summed E-state index contributed by atoms with van der Waals surface area (Å²) in [6.07, 6.45) is 9.40. The molecule has 0 radical (unpaired) electrons. The van der Waals surface area contributed by atoms with E-state index in [1.54, 1.807) is 36.9 Å². The van der Waals surface area contributed by atoms with E-state index < -0.39 is 0 Å². The Bertz CT molecular complexity index is 871. The van der Waals surface area contributed by atoms with Crippen LogP contribution in [0.4, 0.5) is 10.9 Å². The molecule has 26 heavy (non-hydrogen) atoms. The van der Waals surface area contributed by atoms with E-state index in [2.05, 4.69) is 30.5 Å². The van der Waals surface area contributed by atoms with E-state index >= 15 is 0 Å². The van der Waals surface area contributed by atoms with Crippen LogP contribution in [0.1, 0.15) is 41.5 Å². The molecule has 4 rings (SSSR count). The average molecular weight is 367 g/mol. The van der Waals surface area contributed by atoms with Crippen LogP contribution in [0.2, 0.25) is 0 Å². The maximum Gasteiger partial charge on any atom is 0.274 e. The highest BCUT2D eigenvalue weighted by atomic mass is 32.1. The zero-order valence-electron chi connectivity index (χ0n) is 13.9. The van der Waals surface area contributed by atoms with E-state index in [1.807, 2.05) is 10.3 Å². The molecule has 0 unspecified atom stereocenters. The molecule has 1 saturated heterocycles. The number of amides is 1. The molecule has 1 atom stereocenters. The third-order valence-electron chi connectivity index (χ3n) is 4.22. The van der Waals surface area contributed by atoms with Crippen LogP contribution < -0.4 is 5.32 Å². The highest BCUT2D eigenvalue weighted by Crippen LogP contribution is 2.34. The fraction of sp³-hybridized carbons (Fsp3) is 0.294. The van der Waals surface area contributed by atoms with E-state index in [-0.39, 0.29) is 11.9 Å². The second-order valence-electron chi connectivity index (χ2n) is 5.91. The molecular formula is C17H17N7OS. The number of piperidine rings is 1. The molecule has 0 saturated carbocycles. The Morgan fingerprint density at radius 3 is 3.04 bits per heavy atom. The van der Waals surface area contributed by atoms with Crippen molar-refractivity contribution in [2.45, 2.75) is 25.3 Å². The molecule has 8 nitrogen and oxygen atoms in total. The molecule has 1 N–H and O–H groups in total. The van der Waals surface area contributed by atoms with Gasteiger partial charge in [0.25, 0.3) is 5.91 Å². The smallest absolute Gasteiger partial charge is 0.274 e. The Kier molecular flexibility index (Phi) is 4.78. The van der Waals surface area contributed by atoms with Gasteiger partial charge in [0.2, 0.25) is 0 Å². The Morgan fingerprint density at radius 2 is 2.23 bits per heavy atom. The Hall–Kier alpha value is -2.94. The average Bonchev–Trinajstić information content (AvgIpc) is 3.17. The number of thiazole rings is 1. The van der Waals surface area contributed by atoms with Gasteiger partial charge in [-0.05, 0) is 31.4 Å². The van der Waals surface area contributed by atoms with Crippen LogP contribution in [-0.2, 0) is 0 Å². The Labute approximate surface area is 154 Å². The normalized spacial score (nSPS) is 17.1. The van der Waals surface area contributed by atoms with Gasteiger partial charge in [-0.1, -0.05) is 0 Å². The first kappa shape index (κ1) is 16.5. The summed E-state index contributed by atoms with van der Waals surface area (Å²) < 4.78 is 0. The van der Waals surface area contributed by atoms with Gasteiger partial charge in [0.05, 0.1) is 17.9 Å². The minimum absolute atomic E-state index is 0.0492. The van der Waals surface area contributed by atoms with Gasteiger partial charge in [-0.25, -0.2) is 9.97 Å². The molecular weight excluding hydrogens is 350 g/mol. The van der Waals surface area contributed by atoms with Crippen molar-refractivity contribution < 1.29 is 4.79 Å². The van der Waals surface area contributed by atoms with Crippen LogP contribution in [0.15, 0.2) is 42.3 Å². The number of hydrogen-bond acceptors (Lipinski definition) is 8. The summed E-state index contributed by atoms with van der Waals surface area (Å²) in [7, 11) is 0. The topological polar surface area (TPSA) is 96.8 Å². The van der Waals surface area contributed by atoms with Crippen LogP contribution in [0.3, 0.4) is 0 Å². The molecule has 132 valence electrons. The minimum atomic E-state index is -0.0979. The molecule has 9 heteroatoms. The van der Waals surface area contributed by atoms with Crippen molar-refractivity contribution in [1.29, 1.82) is 0 Å². The number of carbonyl (C=O) groups excluding carboxylic acids is 1. The van der Waals surface area contributed by atoms with Crippen LogP contribution in [0.5, 0.6) is 0 Å². The summed E-state index contributed by atoms with van der Waals surface area (Å²) in [5, 5.41) is 13.6. The summed E-state index contributed by atoms with van der Waals surface area (Å²) in [5.41, 5.74) is 1.26. The summed E-state index contributed by atoms with van der Waals surface area (Å²) >= 11 is 1.49. The number of likely N-dealkylation sites (tertiary alicyclic amines) is 1. The van der Waals surface area contributed by atoms with E-state index in [4.69, 9.17) is 0 Å². The first-order chi connectivity index (χ1) is 12.8. The van der Waals surface area contributed by atoms with Gasteiger partial charge in [-0.2, -0.15) is 5.10 Å². The van der Waals surface area contributed by atoms with Crippen molar-refractivity contribution in [1.82, 2.24) is 30.0 Å². The van der Waals surface area contributed by atoms with Crippen molar-refractivity contribution in [3.05, 3.63) is 53.7 Å². The molecule has 1 fully saturated rings. The largest absolute Gasteiger partial charge is 0.329 e. The highest BCUT2D eigenvalue weighted by molar-refractivity contribution is 7.13. The number of aromatic nitrogens is 5. The lowest BCUT2D eigenvalue weighted by molar-refractivity contribution is 0.0599. The molecule has 0 aliphatic carbocycles. The highest BCUT2D eigenvalue weighted by Gasteiger charge is 2.31. The van der Waals surface area contributed by atoms with Crippen LogP contribution in [0, 0.1) is 0 Å². The van der Waals surface area contributed by atoms with Crippen LogP contribution in [-0.4, -0.2) is 42.5 Å². The van der Waals surface area contributed by atoms with Crippen molar-refractivity contribution in [3.63, 3.8) is 0 Å². The van der Waals surface area contributed by atoms with E-state index in [0.29, 0.717) is 18.1 Å². The monoisotopic (exact) mass is 367 g/mol. The fourth-order valence-electron chi connectivity index (χ4n) is 3.01. The van der Waals surface area contributed by atoms with Crippen LogP contribution in [0.25, 0.3) is 0 Å². The standard InChI is InChI=1S/C17H17N7OS/c25-16(12-4-3-6-20-23-12)24-9-2-1-5-14(24)13-11-26-17(21-13)22-15-10-18-7-8-19-15/h3-4,6-8,10-11,14H,1-2,5,9H2,(H,19,21,22)/t14-/m0/s1. The quantitative estimate of drug-likeness (QED) is 0.757. The SMILES string of the molecule is O=C(c1cccnn1)N1CCCC[C@H]1c1csc(Nc2cnccn2)n1. The number of anilines is 2. The summed E-state index contributed by atoms with van der Waals surface area (Å²) in [4.78, 5) is 27.6. The van der Waals surface area contributed by atoms with Gasteiger partial charge < -0.3 is 10.2 Å². The summed E-state index contributed by atoms with van der Waals surface area (Å²) in [6.45, 7) is 0.699. The second kappa shape index (κ2) is 7.52. The lowest BCUT2D eigenvalue weighted by Gasteiger charge is -2.34. The predicted octanol–water partition coefficient (Wildman–Crippen LogP) is 2.83. The third-order valence-corrected chi connectivity index (χ3v) is 4.99. The maximum absolute atomic E-state index is 12.8. The van der Waals surface area contributed by atoms with Gasteiger partial charge in [-0.15, -0.1) is 16.4 Å². The van der Waals surface area contributed by atoms with Gasteiger partial charge in [0.15, 0.2) is 16.6 Å². The van der Waals surface area contributed by atoms with Crippen LogP contribution >= 0.6 is 11.3 Å². The van der Waals surface area contributed by atoms with E-state index in [0.717, 1.165) is 30.1 Å². The molecule has 3 aromatic heterocycles. The molecule has 0 aromatic carbocycles. The lowest BCUT2D eigenvalue weighted by Crippen LogP contribution is -2.39. The number of nitrogens with zero attached hydrogens (tertiary/aromatic N) is 6. The second-order valence-corrected chi connectivity index (χ2v) is 6.77. The maximum atomic E-state index is 12.8. The lowest BCUT2D eigenvalue weighted by atomic mass is 9.99. The van der Waals surface area contributed by atoms with Gasteiger partial charge in [0.1, 0.15) is 0 Å². The summed E-state index contributed by atoms with van der Waals surface area (Å²) in [5.74, 6) is 0.545. The molecule has 3 aromatic rings. The van der Waals surface area contributed by atoms with E-state index in [1.165, 1.54) is 11.3 Å². The van der Waals surface area contributed by atoms with Gasteiger partial charge in [0, 0.05) is 30.5 Å². The molecule has 0 spiro atoms. The first-order valence-electron chi connectivity index (χ1n) is 8.38. The molecule has 4 heterocycles. The Morgan fingerprint density at radius 1 is 1.27 bits per heavy atom. The first-order valence-corrected chi connectivity index (χ1v) is 9.26. The molecule has 1 aliphatic rings. The van der Waals surface area contributed by atoms with Crippen molar-refractivity contribution in [3.8, 4) is 0 Å². The third kappa shape index (κ3) is 3.52. The van der Waals surface area contributed by atoms with Gasteiger partial charge in [-0.3, -0.25) is 9.78 Å². The Balaban J connectivity index is 1.54. The van der Waals surface area contributed by atoms with Crippen molar-refractivity contribution >= 4 is 28.2 Å². The zero-order valence-corrected chi connectivity index (χ0v) is 14.8.